The number of esters is 1. The van der Waals surface area contributed by atoms with Gasteiger partial charge in [-0.1, -0.05) is 6.92 Å². The van der Waals surface area contributed by atoms with Crippen LogP contribution in [0.25, 0.3) is 10.8 Å². The zero-order valence-corrected chi connectivity index (χ0v) is 18.4. The molecule has 1 aliphatic rings. The molecule has 0 fully saturated rings. The summed E-state index contributed by atoms with van der Waals surface area (Å²) in [4.78, 5) is 25.8. The Bertz CT molecular complexity index is 1170. The first kappa shape index (κ1) is 21.0. The first-order valence-electron chi connectivity index (χ1n) is 10.3. The minimum absolute atomic E-state index is 0.347. The van der Waals surface area contributed by atoms with E-state index in [0.29, 0.717) is 35.2 Å². The predicted molar refractivity (Wildman–Crippen MR) is 119 cm³/mol. The maximum Gasteiger partial charge on any atom is 0.340 e. The third kappa shape index (κ3) is 3.90. The zero-order valence-electron chi connectivity index (χ0n) is 18.4. The number of ether oxygens (including phenoxy) is 2. The highest BCUT2D eigenvalue weighted by atomic mass is 16.6. The number of anilines is 2. The molecule has 3 aromatic heterocycles. The van der Waals surface area contributed by atoms with Crippen molar-refractivity contribution >= 4 is 28.4 Å². The number of nitrogens with one attached hydrogen (secondary N) is 1. The van der Waals surface area contributed by atoms with Crippen LogP contribution >= 0.6 is 0 Å². The van der Waals surface area contributed by atoms with Gasteiger partial charge in [-0.2, -0.15) is 0 Å². The summed E-state index contributed by atoms with van der Waals surface area (Å²) in [6, 6.07) is 5.40. The van der Waals surface area contributed by atoms with E-state index in [1.165, 1.54) is 0 Å². The van der Waals surface area contributed by atoms with Crippen molar-refractivity contribution in [2.24, 2.45) is 5.73 Å². The molecule has 0 bridgehead atoms. The number of hydrogen-bond acceptors (Lipinski definition) is 8. The summed E-state index contributed by atoms with van der Waals surface area (Å²) in [5, 5.41) is 4.95. The van der Waals surface area contributed by atoms with Crippen molar-refractivity contribution in [1.82, 2.24) is 15.0 Å². The maximum atomic E-state index is 12.2. The lowest BCUT2D eigenvalue weighted by molar-refractivity contribution is -0.00714. The average molecular weight is 422 g/mol. The first-order valence-corrected chi connectivity index (χ1v) is 10.3. The van der Waals surface area contributed by atoms with Crippen LogP contribution in [0.4, 0.5) is 11.6 Å². The Morgan fingerprint density at radius 3 is 2.71 bits per heavy atom. The van der Waals surface area contributed by atoms with Gasteiger partial charge in [0.1, 0.15) is 17.2 Å². The second kappa shape index (κ2) is 7.46. The minimum Gasteiger partial charge on any atom is -0.481 e. The lowest BCUT2D eigenvalue weighted by Gasteiger charge is -2.30. The second-order valence-corrected chi connectivity index (χ2v) is 8.71. The second-order valence-electron chi connectivity index (χ2n) is 8.71. The molecule has 0 saturated carbocycles. The van der Waals surface area contributed by atoms with Crippen molar-refractivity contribution in [3.63, 3.8) is 0 Å². The molecule has 8 heteroatoms. The molecule has 1 unspecified atom stereocenters. The van der Waals surface area contributed by atoms with Crippen LogP contribution in [-0.2, 0) is 16.7 Å². The molecular weight excluding hydrogens is 394 g/mol. The van der Waals surface area contributed by atoms with E-state index in [1.54, 1.807) is 31.6 Å². The van der Waals surface area contributed by atoms with Crippen molar-refractivity contribution in [1.29, 1.82) is 0 Å². The summed E-state index contributed by atoms with van der Waals surface area (Å²) in [6.07, 6.45) is 4.78. The highest BCUT2D eigenvalue weighted by molar-refractivity contribution is 5.93. The van der Waals surface area contributed by atoms with Crippen molar-refractivity contribution < 1.29 is 14.3 Å². The third-order valence-electron chi connectivity index (χ3n) is 5.69. The van der Waals surface area contributed by atoms with Gasteiger partial charge < -0.3 is 20.5 Å². The Morgan fingerprint density at radius 1 is 1.23 bits per heavy atom. The molecule has 0 radical (unpaired) electrons. The Kier molecular flexibility index (Phi) is 5.05. The van der Waals surface area contributed by atoms with Crippen LogP contribution in [0.15, 0.2) is 30.6 Å². The summed E-state index contributed by atoms with van der Waals surface area (Å²) in [6.45, 7) is 7.78. The molecule has 3 aromatic rings. The number of nitrogens with two attached hydrogens (primary N) is 1. The molecule has 0 aliphatic carbocycles. The average Bonchev–Trinajstić information content (AvgIpc) is 2.71. The number of methoxy groups -OCH3 is 1. The lowest BCUT2D eigenvalue weighted by atomic mass is 9.88. The molecule has 31 heavy (non-hydrogen) atoms. The van der Waals surface area contributed by atoms with Gasteiger partial charge in [-0.05, 0) is 56.3 Å². The molecule has 0 amide bonds. The quantitative estimate of drug-likeness (QED) is 0.598. The Labute approximate surface area is 181 Å². The number of fused-ring (bicyclic) bond motifs is 2. The number of carbonyl (C=O) groups excluding carboxylic acids is 1. The van der Waals surface area contributed by atoms with Crippen LogP contribution < -0.4 is 15.8 Å². The smallest absolute Gasteiger partial charge is 0.340 e. The zero-order chi connectivity index (χ0) is 22.4. The van der Waals surface area contributed by atoms with Gasteiger partial charge in [0.2, 0.25) is 5.88 Å². The van der Waals surface area contributed by atoms with E-state index in [1.807, 2.05) is 33.8 Å². The van der Waals surface area contributed by atoms with Gasteiger partial charge in [-0.15, -0.1) is 0 Å². The van der Waals surface area contributed by atoms with Gasteiger partial charge in [0, 0.05) is 24.4 Å². The standard InChI is InChI=1S/C23H27N5O3/c1-6-23(4,24)16-12-26-20(30-5)15-11-25-19(9-14(15)16)28-18-8-7-13-17(27-18)10-22(2,3)31-21(13)29/h7-9,11-12H,6,10,24H2,1-5H3,(H,25,27,28). The molecule has 4 rings (SSSR count). The van der Waals surface area contributed by atoms with Crippen molar-refractivity contribution in [2.75, 3.05) is 12.4 Å². The first-order chi connectivity index (χ1) is 14.6. The SMILES string of the molecule is CCC(C)(N)c1cnc(OC)c2cnc(Nc3ccc4c(n3)CC(C)(C)OC4=O)cc12. The molecule has 1 atom stereocenters. The monoisotopic (exact) mass is 421 g/mol. The van der Waals surface area contributed by atoms with Crippen LogP contribution in [0.1, 0.15) is 55.7 Å². The largest absolute Gasteiger partial charge is 0.481 e. The van der Waals surface area contributed by atoms with E-state index < -0.39 is 11.1 Å². The fourth-order valence-corrected chi connectivity index (χ4v) is 3.76. The number of hydrogen-bond donors (Lipinski definition) is 2. The number of nitrogens with zero attached hydrogens (tertiary/aromatic N) is 3. The number of aromatic nitrogens is 3. The van der Waals surface area contributed by atoms with E-state index in [-0.39, 0.29) is 5.97 Å². The van der Waals surface area contributed by atoms with Crippen LogP contribution in [0.5, 0.6) is 5.88 Å². The van der Waals surface area contributed by atoms with Gasteiger partial charge in [0.05, 0.1) is 23.8 Å². The molecule has 4 heterocycles. The topological polar surface area (TPSA) is 112 Å². The summed E-state index contributed by atoms with van der Waals surface area (Å²) >= 11 is 0. The summed E-state index contributed by atoms with van der Waals surface area (Å²) in [5.74, 6) is 1.36. The number of rotatable bonds is 5. The predicted octanol–water partition coefficient (Wildman–Crippen LogP) is 3.85. The molecule has 8 nitrogen and oxygen atoms in total. The highest BCUT2D eigenvalue weighted by Crippen LogP contribution is 2.34. The Hall–Kier alpha value is -3.26. The lowest BCUT2D eigenvalue weighted by Crippen LogP contribution is -2.36. The van der Waals surface area contributed by atoms with Gasteiger partial charge in [0.25, 0.3) is 0 Å². The summed E-state index contributed by atoms with van der Waals surface area (Å²) in [7, 11) is 1.58. The van der Waals surface area contributed by atoms with E-state index in [4.69, 9.17) is 15.2 Å². The normalized spacial score (nSPS) is 16.9. The van der Waals surface area contributed by atoms with Crippen molar-refractivity contribution in [3.8, 4) is 5.88 Å². The highest BCUT2D eigenvalue weighted by Gasteiger charge is 2.33. The molecular formula is C23H27N5O3. The van der Waals surface area contributed by atoms with Crippen molar-refractivity contribution in [3.05, 3.63) is 47.4 Å². The van der Waals surface area contributed by atoms with Crippen LogP contribution in [-0.4, -0.2) is 33.6 Å². The molecule has 1 aliphatic heterocycles. The third-order valence-corrected chi connectivity index (χ3v) is 5.69. The van der Waals surface area contributed by atoms with Crippen molar-refractivity contribution in [2.45, 2.75) is 51.7 Å². The van der Waals surface area contributed by atoms with Crippen LogP contribution in [0.2, 0.25) is 0 Å². The maximum absolute atomic E-state index is 12.2. The van der Waals surface area contributed by atoms with E-state index in [9.17, 15) is 4.79 Å². The molecule has 3 N–H and O–H groups in total. The van der Waals surface area contributed by atoms with Gasteiger partial charge in [-0.3, -0.25) is 0 Å². The number of cyclic esters (lactones) is 1. The minimum atomic E-state index is -0.582. The summed E-state index contributed by atoms with van der Waals surface area (Å²) in [5.41, 5.74) is 7.52. The molecule has 0 spiro atoms. The summed E-state index contributed by atoms with van der Waals surface area (Å²) < 4.78 is 10.9. The fraction of sp³-hybridized carbons (Fsp3) is 0.391. The number of pyridine rings is 3. The Balaban J connectivity index is 1.75. The fourth-order valence-electron chi connectivity index (χ4n) is 3.76. The van der Waals surface area contributed by atoms with Gasteiger partial charge >= 0.3 is 5.97 Å². The molecule has 0 aromatic carbocycles. The van der Waals surface area contributed by atoms with Gasteiger partial charge in [-0.25, -0.2) is 19.7 Å². The van der Waals surface area contributed by atoms with Crippen LogP contribution in [0, 0.1) is 0 Å². The van der Waals surface area contributed by atoms with Crippen LogP contribution in [0.3, 0.4) is 0 Å². The Morgan fingerprint density at radius 2 is 2.00 bits per heavy atom. The van der Waals surface area contributed by atoms with E-state index in [0.717, 1.165) is 22.8 Å². The van der Waals surface area contributed by atoms with E-state index in [2.05, 4.69) is 20.3 Å². The number of carbonyl (C=O) groups is 1. The molecule has 162 valence electrons. The molecule has 0 saturated heterocycles. The van der Waals surface area contributed by atoms with E-state index >= 15 is 0 Å². The van der Waals surface area contributed by atoms with Gasteiger partial charge in [0.15, 0.2) is 0 Å².